The zero-order chi connectivity index (χ0) is 16.4. The monoisotopic (exact) mass is 317 g/mol. The van der Waals surface area contributed by atoms with Gasteiger partial charge in [-0.05, 0) is 30.5 Å². The van der Waals surface area contributed by atoms with E-state index in [2.05, 4.69) is 68.5 Å². The summed E-state index contributed by atoms with van der Waals surface area (Å²) in [7, 11) is 0. The van der Waals surface area contributed by atoms with Gasteiger partial charge in [-0.1, -0.05) is 48.5 Å². The number of aromatic nitrogens is 3. The molecular weight excluding hydrogens is 298 g/mol. The SMILES string of the molecule is CC1Cc2ccccc2N1c1ncnc(NCc2ccccc2)n1. The average molecular weight is 317 g/mol. The molecule has 1 aliphatic rings. The number of fused-ring (bicyclic) bond motifs is 1. The maximum atomic E-state index is 4.61. The lowest BCUT2D eigenvalue weighted by molar-refractivity contribution is 0.736. The van der Waals surface area contributed by atoms with Crippen LogP contribution in [0.5, 0.6) is 0 Å². The van der Waals surface area contributed by atoms with E-state index in [1.807, 2.05) is 18.2 Å². The number of hydrogen-bond donors (Lipinski definition) is 1. The number of nitrogens with one attached hydrogen (secondary N) is 1. The zero-order valence-corrected chi connectivity index (χ0v) is 13.6. The van der Waals surface area contributed by atoms with Crippen LogP contribution in [-0.4, -0.2) is 21.0 Å². The summed E-state index contributed by atoms with van der Waals surface area (Å²) in [6, 6.07) is 19.0. The second-order valence-electron chi connectivity index (χ2n) is 6.00. The predicted molar refractivity (Wildman–Crippen MR) is 95.3 cm³/mol. The molecule has 24 heavy (non-hydrogen) atoms. The second kappa shape index (κ2) is 6.28. The number of hydrogen-bond acceptors (Lipinski definition) is 5. The molecule has 2 aromatic carbocycles. The second-order valence-corrected chi connectivity index (χ2v) is 6.00. The van der Waals surface area contributed by atoms with Crippen LogP contribution in [0.15, 0.2) is 60.9 Å². The quantitative estimate of drug-likeness (QED) is 0.797. The van der Waals surface area contributed by atoms with Crippen molar-refractivity contribution < 1.29 is 0 Å². The Balaban J connectivity index is 1.57. The van der Waals surface area contributed by atoms with Crippen molar-refractivity contribution in [3.05, 3.63) is 72.1 Å². The van der Waals surface area contributed by atoms with Crippen LogP contribution in [0.1, 0.15) is 18.1 Å². The third kappa shape index (κ3) is 2.80. The summed E-state index contributed by atoms with van der Waals surface area (Å²) < 4.78 is 0. The van der Waals surface area contributed by atoms with E-state index in [0.717, 1.165) is 6.42 Å². The van der Waals surface area contributed by atoms with Gasteiger partial charge >= 0.3 is 0 Å². The maximum absolute atomic E-state index is 4.61. The number of nitrogens with zero attached hydrogens (tertiary/aromatic N) is 4. The van der Waals surface area contributed by atoms with Gasteiger partial charge in [-0.15, -0.1) is 0 Å². The Labute approximate surface area is 141 Å². The van der Waals surface area contributed by atoms with Gasteiger partial charge < -0.3 is 10.2 Å². The van der Waals surface area contributed by atoms with E-state index in [-0.39, 0.29) is 0 Å². The third-order valence-corrected chi connectivity index (χ3v) is 4.28. The number of anilines is 3. The summed E-state index contributed by atoms with van der Waals surface area (Å²) >= 11 is 0. The van der Waals surface area contributed by atoms with Crippen LogP contribution in [-0.2, 0) is 13.0 Å². The topological polar surface area (TPSA) is 53.9 Å². The molecule has 0 saturated carbocycles. The van der Waals surface area contributed by atoms with Crippen molar-refractivity contribution >= 4 is 17.6 Å². The molecule has 5 nitrogen and oxygen atoms in total. The molecule has 0 radical (unpaired) electrons. The van der Waals surface area contributed by atoms with Crippen LogP contribution in [0.25, 0.3) is 0 Å². The summed E-state index contributed by atoms with van der Waals surface area (Å²) in [4.78, 5) is 15.4. The van der Waals surface area contributed by atoms with Crippen molar-refractivity contribution in [1.82, 2.24) is 15.0 Å². The summed E-state index contributed by atoms with van der Waals surface area (Å²) in [5, 5.41) is 3.27. The molecule has 1 aromatic heterocycles. The van der Waals surface area contributed by atoms with E-state index >= 15 is 0 Å². The Hall–Kier alpha value is -2.95. The van der Waals surface area contributed by atoms with Crippen LogP contribution in [0, 0.1) is 0 Å². The van der Waals surface area contributed by atoms with Crippen LogP contribution in [0.2, 0.25) is 0 Å². The Bertz CT molecular complexity index is 834. The van der Waals surface area contributed by atoms with Crippen LogP contribution in [0.4, 0.5) is 17.6 Å². The van der Waals surface area contributed by atoms with E-state index in [1.54, 1.807) is 6.33 Å². The van der Waals surface area contributed by atoms with Crippen molar-refractivity contribution in [3.8, 4) is 0 Å². The lowest BCUT2D eigenvalue weighted by Gasteiger charge is -2.22. The first-order chi connectivity index (χ1) is 11.8. The number of para-hydroxylation sites is 1. The zero-order valence-electron chi connectivity index (χ0n) is 13.6. The molecule has 120 valence electrons. The van der Waals surface area contributed by atoms with Crippen LogP contribution >= 0.6 is 0 Å². The molecule has 5 heteroatoms. The van der Waals surface area contributed by atoms with Gasteiger partial charge in [0.2, 0.25) is 11.9 Å². The highest BCUT2D eigenvalue weighted by atomic mass is 15.3. The molecule has 0 amide bonds. The van der Waals surface area contributed by atoms with Crippen molar-refractivity contribution in [2.45, 2.75) is 25.9 Å². The van der Waals surface area contributed by atoms with Crippen molar-refractivity contribution in [2.24, 2.45) is 0 Å². The lowest BCUT2D eigenvalue weighted by Crippen LogP contribution is -2.26. The van der Waals surface area contributed by atoms with Crippen molar-refractivity contribution in [3.63, 3.8) is 0 Å². The normalized spacial score (nSPS) is 16.0. The molecule has 2 heterocycles. The van der Waals surface area contributed by atoms with Gasteiger partial charge in [-0.3, -0.25) is 0 Å². The molecule has 0 bridgehead atoms. The Kier molecular flexibility index (Phi) is 3.83. The first kappa shape index (κ1) is 14.6. The summed E-state index contributed by atoms with van der Waals surface area (Å²) in [6.07, 6.45) is 2.58. The van der Waals surface area contributed by atoms with Crippen molar-refractivity contribution in [1.29, 1.82) is 0 Å². The van der Waals surface area contributed by atoms with E-state index in [4.69, 9.17) is 0 Å². The Morgan fingerprint density at radius 1 is 1.04 bits per heavy atom. The number of rotatable bonds is 4. The van der Waals surface area contributed by atoms with E-state index < -0.39 is 0 Å². The molecule has 0 aliphatic carbocycles. The fourth-order valence-electron chi connectivity index (χ4n) is 3.14. The van der Waals surface area contributed by atoms with E-state index in [9.17, 15) is 0 Å². The smallest absolute Gasteiger partial charge is 0.234 e. The first-order valence-electron chi connectivity index (χ1n) is 8.15. The molecule has 1 N–H and O–H groups in total. The average Bonchev–Trinajstić information content (AvgIpc) is 2.97. The summed E-state index contributed by atoms with van der Waals surface area (Å²) in [6.45, 7) is 2.89. The Morgan fingerprint density at radius 2 is 1.83 bits per heavy atom. The molecule has 1 aliphatic heterocycles. The minimum Gasteiger partial charge on any atom is -0.350 e. The first-order valence-corrected chi connectivity index (χ1v) is 8.15. The largest absolute Gasteiger partial charge is 0.350 e. The molecule has 1 atom stereocenters. The summed E-state index contributed by atoms with van der Waals surface area (Å²) in [5.74, 6) is 1.29. The van der Waals surface area contributed by atoms with Gasteiger partial charge in [-0.25, -0.2) is 9.97 Å². The Morgan fingerprint density at radius 3 is 2.71 bits per heavy atom. The van der Waals surface area contributed by atoms with Gasteiger partial charge in [-0.2, -0.15) is 4.98 Å². The van der Waals surface area contributed by atoms with Gasteiger partial charge in [0, 0.05) is 18.3 Å². The van der Waals surface area contributed by atoms with Gasteiger partial charge in [0.05, 0.1) is 0 Å². The third-order valence-electron chi connectivity index (χ3n) is 4.28. The molecular formula is C19H19N5. The predicted octanol–water partition coefficient (Wildman–Crippen LogP) is 3.57. The lowest BCUT2D eigenvalue weighted by atomic mass is 10.1. The highest BCUT2D eigenvalue weighted by Crippen LogP contribution is 2.36. The maximum Gasteiger partial charge on any atom is 0.234 e. The van der Waals surface area contributed by atoms with E-state index in [1.165, 1.54) is 16.8 Å². The molecule has 4 rings (SSSR count). The summed E-state index contributed by atoms with van der Waals surface area (Å²) in [5.41, 5.74) is 3.72. The van der Waals surface area contributed by atoms with Crippen LogP contribution < -0.4 is 10.2 Å². The van der Waals surface area contributed by atoms with Crippen molar-refractivity contribution in [2.75, 3.05) is 10.2 Å². The standard InChI is InChI=1S/C19H19N5/c1-14-11-16-9-5-6-10-17(16)24(14)19-22-13-21-18(23-19)20-12-15-7-3-2-4-8-15/h2-10,13-14H,11-12H2,1H3,(H,20,21,22,23). The fraction of sp³-hybridized carbons (Fsp3) is 0.211. The van der Waals surface area contributed by atoms with E-state index in [0.29, 0.717) is 24.5 Å². The minimum absolute atomic E-state index is 0.340. The highest BCUT2D eigenvalue weighted by Gasteiger charge is 2.28. The number of benzene rings is 2. The molecule has 0 fully saturated rings. The minimum atomic E-state index is 0.340. The van der Waals surface area contributed by atoms with Gasteiger partial charge in [0.15, 0.2) is 0 Å². The van der Waals surface area contributed by atoms with Gasteiger partial charge in [0.25, 0.3) is 0 Å². The fourth-order valence-corrected chi connectivity index (χ4v) is 3.14. The molecule has 3 aromatic rings. The molecule has 0 saturated heterocycles. The molecule has 1 unspecified atom stereocenters. The van der Waals surface area contributed by atoms with Gasteiger partial charge in [0.1, 0.15) is 6.33 Å². The highest BCUT2D eigenvalue weighted by molar-refractivity contribution is 5.67. The molecule has 0 spiro atoms. The van der Waals surface area contributed by atoms with Crippen LogP contribution in [0.3, 0.4) is 0 Å².